The number of hydrogen-bond acceptors (Lipinski definition) is 6. The Hall–Kier alpha value is -1.67. The average molecular weight is 337 g/mol. The normalized spacial score (nSPS) is 34.9. The molecular formula is C17H23NO6. The Morgan fingerprint density at radius 2 is 2.04 bits per heavy atom. The molecule has 1 amide bonds. The number of aliphatic hydroxyl groups is 1. The van der Waals surface area contributed by atoms with Crippen molar-refractivity contribution >= 4 is 5.91 Å². The molecule has 2 fully saturated rings. The van der Waals surface area contributed by atoms with Crippen LogP contribution in [0.5, 0.6) is 5.75 Å². The molecule has 2 saturated heterocycles. The number of hydrogen-bond donors (Lipinski definition) is 2. The number of carbonyl (C=O) groups excluding carboxylic acids is 1. The second-order valence-electron chi connectivity index (χ2n) is 6.48. The number of ether oxygens (including phenoxy) is 4. The van der Waals surface area contributed by atoms with Crippen LogP contribution in [0.2, 0.25) is 0 Å². The molecule has 2 heterocycles. The largest absolute Gasteiger partial charge is 0.463 e. The molecule has 0 spiro atoms. The lowest BCUT2D eigenvalue weighted by molar-refractivity contribution is -0.361. The summed E-state index contributed by atoms with van der Waals surface area (Å²) in [6.07, 6.45) is -2.92. The molecule has 24 heavy (non-hydrogen) atoms. The Bertz CT molecular complexity index is 578. The van der Waals surface area contributed by atoms with Crippen molar-refractivity contribution in [2.75, 3.05) is 6.61 Å². The van der Waals surface area contributed by atoms with Crippen molar-refractivity contribution in [3.05, 3.63) is 30.3 Å². The summed E-state index contributed by atoms with van der Waals surface area (Å²) in [7, 11) is 0. The number of amides is 1. The van der Waals surface area contributed by atoms with Gasteiger partial charge in [0.15, 0.2) is 5.79 Å². The summed E-state index contributed by atoms with van der Waals surface area (Å²) in [4.78, 5) is 11.5. The van der Waals surface area contributed by atoms with Crippen LogP contribution in [0.4, 0.5) is 0 Å². The fraction of sp³-hybridized carbons (Fsp3) is 0.588. The number of rotatable bonds is 3. The van der Waals surface area contributed by atoms with E-state index in [2.05, 4.69) is 5.32 Å². The van der Waals surface area contributed by atoms with E-state index in [4.69, 9.17) is 18.9 Å². The van der Waals surface area contributed by atoms with E-state index in [0.717, 1.165) is 0 Å². The minimum atomic E-state index is -0.982. The summed E-state index contributed by atoms with van der Waals surface area (Å²) in [5.74, 6) is -0.519. The predicted molar refractivity (Wildman–Crippen MR) is 84.2 cm³/mol. The second-order valence-corrected chi connectivity index (χ2v) is 6.48. The molecule has 1 aromatic carbocycles. The highest BCUT2D eigenvalue weighted by atomic mass is 16.8. The first-order valence-corrected chi connectivity index (χ1v) is 8.00. The van der Waals surface area contributed by atoms with Crippen LogP contribution in [0.15, 0.2) is 30.3 Å². The van der Waals surface area contributed by atoms with Crippen LogP contribution in [-0.4, -0.2) is 54.1 Å². The smallest absolute Gasteiger partial charge is 0.223 e. The van der Waals surface area contributed by atoms with Crippen LogP contribution < -0.4 is 10.1 Å². The zero-order chi connectivity index (χ0) is 17.3. The molecule has 1 aromatic rings. The van der Waals surface area contributed by atoms with E-state index in [1.807, 2.05) is 18.2 Å². The van der Waals surface area contributed by atoms with Gasteiger partial charge in [0.05, 0.1) is 6.61 Å². The fourth-order valence-electron chi connectivity index (χ4n) is 2.97. The first kappa shape index (κ1) is 17.2. The molecule has 0 aromatic heterocycles. The molecule has 0 unspecified atom stereocenters. The predicted octanol–water partition coefficient (Wildman–Crippen LogP) is 0.807. The Balaban J connectivity index is 1.81. The van der Waals surface area contributed by atoms with Gasteiger partial charge in [-0.1, -0.05) is 18.2 Å². The van der Waals surface area contributed by atoms with Crippen LogP contribution in [0.25, 0.3) is 0 Å². The lowest BCUT2D eigenvalue weighted by Crippen LogP contribution is -2.69. The molecule has 2 N–H and O–H groups in total. The minimum absolute atomic E-state index is 0.274. The standard InChI is InChI=1S/C17H23NO6/c1-10(19)18-13-14(20)15-12(9-21-17(2,3)24-15)23-16(13)22-11-7-5-4-6-8-11/h4-8,12-16,20H,9H2,1-3H3,(H,18,19)/t12-,13+,14-,15-,16-/m1/s1. The molecule has 0 aliphatic carbocycles. The summed E-state index contributed by atoms with van der Waals surface area (Å²) < 4.78 is 23.1. The molecule has 0 saturated carbocycles. The molecule has 7 nitrogen and oxygen atoms in total. The van der Waals surface area contributed by atoms with E-state index in [0.29, 0.717) is 5.75 Å². The van der Waals surface area contributed by atoms with Gasteiger partial charge in [0.25, 0.3) is 0 Å². The number of carbonyl (C=O) groups is 1. The van der Waals surface area contributed by atoms with Crippen LogP contribution in [0.1, 0.15) is 20.8 Å². The van der Waals surface area contributed by atoms with E-state index in [9.17, 15) is 9.90 Å². The van der Waals surface area contributed by atoms with Gasteiger partial charge in [0, 0.05) is 6.92 Å². The summed E-state index contributed by atoms with van der Waals surface area (Å²) in [6.45, 7) is 5.20. The zero-order valence-corrected chi connectivity index (χ0v) is 14.0. The van der Waals surface area contributed by atoms with Crippen LogP contribution in [0.3, 0.4) is 0 Å². The van der Waals surface area contributed by atoms with Crippen molar-refractivity contribution in [3.8, 4) is 5.75 Å². The second kappa shape index (κ2) is 6.68. The Morgan fingerprint density at radius 3 is 2.71 bits per heavy atom. The van der Waals surface area contributed by atoms with Crippen LogP contribution in [0, 0.1) is 0 Å². The third-order valence-electron chi connectivity index (χ3n) is 4.05. The first-order chi connectivity index (χ1) is 11.4. The number of para-hydroxylation sites is 1. The minimum Gasteiger partial charge on any atom is -0.463 e. The summed E-state index contributed by atoms with van der Waals surface area (Å²) in [5.41, 5.74) is 0. The summed E-state index contributed by atoms with van der Waals surface area (Å²) in [6, 6.07) is 8.35. The van der Waals surface area contributed by atoms with Crippen molar-refractivity contribution in [1.29, 1.82) is 0 Å². The van der Waals surface area contributed by atoms with Gasteiger partial charge in [-0.3, -0.25) is 4.79 Å². The van der Waals surface area contributed by atoms with Gasteiger partial charge in [-0.05, 0) is 26.0 Å². The van der Waals surface area contributed by atoms with Gasteiger partial charge in [-0.2, -0.15) is 0 Å². The van der Waals surface area contributed by atoms with Gasteiger partial charge >= 0.3 is 0 Å². The number of aliphatic hydroxyl groups excluding tert-OH is 1. The monoisotopic (exact) mass is 337 g/mol. The molecule has 0 bridgehead atoms. The molecule has 3 rings (SSSR count). The van der Waals surface area contributed by atoms with Gasteiger partial charge in [-0.15, -0.1) is 0 Å². The highest BCUT2D eigenvalue weighted by Crippen LogP contribution is 2.33. The van der Waals surface area contributed by atoms with Gasteiger partial charge < -0.3 is 29.4 Å². The number of nitrogens with one attached hydrogen (secondary N) is 1. The molecule has 132 valence electrons. The number of benzene rings is 1. The number of fused-ring (bicyclic) bond motifs is 1. The van der Waals surface area contributed by atoms with E-state index < -0.39 is 36.4 Å². The topological polar surface area (TPSA) is 86.3 Å². The Labute approximate surface area is 140 Å². The van der Waals surface area contributed by atoms with E-state index in [1.165, 1.54) is 6.92 Å². The summed E-state index contributed by atoms with van der Waals surface area (Å²) >= 11 is 0. The first-order valence-electron chi connectivity index (χ1n) is 8.00. The van der Waals surface area contributed by atoms with E-state index in [-0.39, 0.29) is 12.5 Å². The van der Waals surface area contributed by atoms with Crippen LogP contribution >= 0.6 is 0 Å². The Morgan fingerprint density at radius 1 is 1.33 bits per heavy atom. The van der Waals surface area contributed by atoms with Crippen molar-refractivity contribution in [1.82, 2.24) is 5.32 Å². The Kier molecular flexibility index (Phi) is 4.78. The average Bonchev–Trinajstić information content (AvgIpc) is 2.52. The van der Waals surface area contributed by atoms with Crippen molar-refractivity contribution in [3.63, 3.8) is 0 Å². The van der Waals surface area contributed by atoms with E-state index in [1.54, 1.807) is 26.0 Å². The zero-order valence-electron chi connectivity index (χ0n) is 14.0. The maximum absolute atomic E-state index is 11.5. The van der Waals surface area contributed by atoms with Gasteiger partial charge in [0.2, 0.25) is 12.2 Å². The molecule has 5 atom stereocenters. The quantitative estimate of drug-likeness (QED) is 0.849. The molecule has 0 radical (unpaired) electrons. The van der Waals surface area contributed by atoms with Crippen molar-refractivity contribution in [2.45, 2.75) is 57.2 Å². The van der Waals surface area contributed by atoms with Crippen molar-refractivity contribution in [2.24, 2.45) is 0 Å². The maximum atomic E-state index is 11.5. The molecular weight excluding hydrogens is 314 g/mol. The van der Waals surface area contributed by atoms with Gasteiger partial charge in [0.1, 0.15) is 30.1 Å². The highest BCUT2D eigenvalue weighted by molar-refractivity contribution is 5.73. The van der Waals surface area contributed by atoms with Gasteiger partial charge in [-0.25, -0.2) is 0 Å². The van der Waals surface area contributed by atoms with Crippen LogP contribution in [-0.2, 0) is 19.0 Å². The summed E-state index contributed by atoms with van der Waals surface area (Å²) in [5, 5.41) is 13.4. The van der Waals surface area contributed by atoms with Crippen molar-refractivity contribution < 1.29 is 28.8 Å². The third-order valence-corrected chi connectivity index (χ3v) is 4.05. The molecule has 2 aliphatic rings. The molecule has 7 heteroatoms. The molecule has 2 aliphatic heterocycles. The SMILES string of the molecule is CC(=O)N[C@@H]1[C@H](Oc2ccccc2)O[C@@H]2COC(C)(C)O[C@H]2[C@@H]1O. The lowest BCUT2D eigenvalue weighted by Gasteiger charge is -2.49. The maximum Gasteiger partial charge on any atom is 0.223 e. The lowest BCUT2D eigenvalue weighted by atomic mass is 9.95. The third kappa shape index (κ3) is 3.70. The fourth-order valence-corrected chi connectivity index (χ4v) is 2.97. The van der Waals surface area contributed by atoms with E-state index >= 15 is 0 Å². The highest BCUT2D eigenvalue weighted by Gasteiger charge is 2.52.